The SMILES string of the molecule is CCC1CCN(c2cccc(NC)n2)CC1. The minimum Gasteiger partial charge on any atom is -0.373 e. The summed E-state index contributed by atoms with van der Waals surface area (Å²) in [7, 11) is 1.91. The first-order valence-electron chi connectivity index (χ1n) is 6.23. The van der Waals surface area contributed by atoms with E-state index in [1.165, 1.54) is 19.3 Å². The molecule has 1 fully saturated rings. The van der Waals surface area contributed by atoms with Gasteiger partial charge in [0.15, 0.2) is 0 Å². The molecule has 3 nitrogen and oxygen atoms in total. The molecule has 3 heteroatoms. The van der Waals surface area contributed by atoms with E-state index < -0.39 is 0 Å². The molecule has 0 saturated carbocycles. The van der Waals surface area contributed by atoms with Gasteiger partial charge in [0.2, 0.25) is 0 Å². The Balaban J connectivity index is 2.02. The molecule has 1 saturated heterocycles. The lowest BCUT2D eigenvalue weighted by Crippen LogP contribution is -2.34. The highest BCUT2D eigenvalue weighted by Crippen LogP contribution is 2.24. The van der Waals surface area contributed by atoms with Crippen LogP contribution in [0.3, 0.4) is 0 Å². The van der Waals surface area contributed by atoms with E-state index in [1.54, 1.807) is 0 Å². The molecule has 0 aliphatic carbocycles. The molecule has 0 amide bonds. The molecule has 0 unspecified atom stereocenters. The smallest absolute Gasteiger partial charge is 0.130 e. The van der Waals surface area contributed by atoms with Crippen LogP contribution < -0.4 is 10.2 Å². The highest BCUT2D eigenvalue weighted by Gasteiger charge is 2.18. The maximum Gasteiger partial charge on any atom is 0.130 e. The van der Waals surface area contributed by atoms with Crippen molar-refractivity contribution in [3.8, 4) is 0 Å². The molecule has 0 radical (unpaired) electrons. The van der Waals surface area contributed by atoms with Crippen molar-refractivity contribution in [2.45, 2.75) is 26.2 Å². The van der Waals surface area contributed by atoms with Crippen molar-refractivity contribution >= 4 is 11.6 Å². The predicted octanol–water partition coefficient (Wildman–Crippen LogP) is 2.75. The lowest BCUT2D eigenvalue weighted by molar-refractivity contribution is 0.394. The molecule has 0 bridgehead atoms. The van der Waals surface area contributed by atoms with Crippen molar-refractivity contribution in [2.24, 2.45) is 5.92 Å². The van der Waals surface area contributed by atoms with E-state index >= 15 is 0 Å². The van der Waals surface area contributed by atoms with E-state index in [0.717, 1.165) is 30.6 Å². The number of anilines is 2. The van der Waals surface area contributed by atoms with Gasteiger partial charge in [0, 0.05) is 20.1 Å². The van der Waals surface area contributed by atoms with Crippen LogP contribution in [0.5, 0.6) is 0 Å². The Morgan fingerprint density at radius 3 is 2.75 bits per heavy atom. The maximum absolute atomic E-state index is 4.58. The van der Waals surface area contributed by atoms with Crippen LogP contribution in [-0.2, 0) is 0 Å². The van der Waals surface area contributed by atoms with Gasteiger partial charge in [-0.05, 0) is 30.9 Å². The zero-order chi connectivity index (χ0) is 11.4. The average Bonchev–Trinajstić information content (AvgIpc) is 2.39. The van der Waals surface area contributed by atoms with Crippen LogP contribution in [0.1, 0.15) is 26.2 Å². The first kappa shape index (κ1) is 11.2. The second-order valence-electron chi connectivity index (χ2n) is 4.47. The normalized spacial score (nSPS) is 17.5. The average molecular weight is 219 g/mol. The largest absolute Gasteiger partial charge is 0.373 e. The summed E-state index contributed by atoms with van der Waals surface area (Å²) in [5.41, 5.74) is 0. The summed E-state index contributed by atoms with van der Waals surface area (Å²) >= 11 is 0. The van der Waals surface area contributed by atoms with Gasteiger partial charge in [0.25, 0.3) is 0 Å². The quantitative estimate of drug-likeness (QED) is 0.847. The fraction of sp³-hybridized carbons (Fsp3) is 0.615. The Morgan fingerprint density at radius 1 is 1.38 bits per heavy atom. The van der Waals surface area contributed by atoms with Gasteiger partial charge in [-0.15, -0.1) is 0 Å². The molecule has 2 heterocycles. The Bertz CT molecular complexity index is 330. The van der Waals surface area contributed by atoms with Crippen molar-refractivity contribution in [2.75, 3.05) is 30.4 Å². The van der Waals surface area contributed by atoms with Crippen LogP contribution in [0, 0.1) is 5.92 Å². The van der Waals surface area contributed by atoms with Crippen LogP contribution in [0.2, 0.25) is 0 Å². The molecule has 1 aliphatic rings. The number of aromatic nitrogens is 1. The first-order valence-corrected chi connectivity index (χ1v) is 6.23. The molecule has 88 valence electrons. The molecule has 2 rings (SSSR count). The Labute approximate surface area is 97.9 Å². The molecule has 1 aliphatic heterocycles. The standard InChI is InChI=1S/C13H21N3/c1-3-11-7-9-16(10-8-11)13-6-4-5-12(14-2)15-13/h4-6,11H,3,7-10H2,1-2H3,(H,14,15). The van der Waals surface area contributed by atoms with Crippen molar-refractivity contribution in [3.05, 3.63) is 18.2 Å². The molecule has 1 aromatic heterocycles. The van der Waals surface area contributed by atoms with Gasteiger partial charge in [0.05, 0.1) is 0 Å². The summed E-state index contributed by atoms with van der Waals surface area (Å²) in [5, 5.41) is 3.09. The monoisotopic (exact) mass is 219 g/mol. The predicted molar refractivity (Wildman–Crippen MR) is 69.0 cm³/mol. The molecule has 0 aromatic carbocycles. The van der Waals surface area contributed by atoms with E-state index in [2.05, 4.69) is 34.3 Å². The third-order valence-electron chi connectivity index (χ3n) is 3.51. The Morgan fingerprint density at radius 2 is 2.12 bits per heavy atom. The van der Waals surface area contributed by atoms with Gasteiger partial charge < -0.3 is 10.2 Å². The lowest BCUT2D eigenvalue weighted by atomic mass is 9.94. The van der Waals surface area contributed by atoms with Crippen LogP contribution in [0.15, 0.2) is 18.2 Å². The summed E-state index contributed by atoms with van der Waals surface area (Å²) in [6, 6.07) is 6.18. The second-order valence-corrected chi connectivity index (χ2v) is 4.47. The molecule has 0 spiro atoms. The van der Waals surface area contributed by atoms with Gasteiger partial charge in [-0.25, -0.2) is 4.98 Å². The highest BCUT2D eigenvalue weighted by atomic mass is 15.2. The third-order valence-corrected chi connectivity index (χ3v) is 3.51. The second kappa shape index (κ2) is 5.19. The summed E-state index contributed by atoms with van der Waals surface area (Å²) in [4.78, 5) is 6.98. The van der Waals surface area contributed by atoms with Crippen LogP contribution in [-0.4, -0.2) is 25.1 Å². The Hall–Kier alpha value is -1.25. The Kier molecular flexibility index (Phi) is 3.65. The number of hydrogen-bond donors (Lipinski definition) is 1. The van der Waals surface area contributed by atoms with Crippen molar-refractivity contribution in [1.82, 2.24) is 4.98 Å². The van der Waals surface area contributed by atoms with Crippen LogP contribution >= 0.6 is 0 Å². The number of nitrogens with one attached hydrogen (secondary N) is 1. The summed E-state index contributed by atoms with van der Waals surface area (Å²) in [6.07, 6.45) is 3.93. The molecular weight excluding hydrogens is 198 g/mol. The fourth-order valence-electron chi connectivity index (χ4n) is 2.31. The molecule has 1 N–H and O–H groups in total. The van der Waals surface area contributed by atoms with E-state index in [-0.39, 0.29) is 0 Å². The third kappa shape index (κ3) is 2.46. The molecular formula is C13H21N3. The zero-order valence-corrected chi connectivity index (χ0v) is 10.2. The number of pyridine rings is 1. The van der Waals surface area contributed by atoms with E-state index in [1.807, 2.05) is 13.1 Å². The summed E-state index contributed by atoms with van der Waals surface area (Å²) in [5.74, 6) is 2.99. The van der Waals surface area contributed by atoms with Crippen molar-refractivity contribution < 1.29 is 0 Å². The van der Waals surface area contributed by atoms with Crippen molar-refractivity contribution in [3.63, 3.8) is 0 Å². The maximum atomic E-state index is 4.58. The topological polar surface area (TPSA) is 28.2 Å². The van der Waals surface area contributed by atoms with Crippen molar-refractivity contribution in [1.29, 1.82) is 0 Å². The van der Waals surface area contributed by atoms with Gasteiger partial charge in [-0.3, -0.25) is 0 Å². The fourth-order valence-corrected chi connectivity index (χ4v) is 2.31. The molecule has 0 atom stereocenters. The molecule has 16 heavy (non-hydrogen) atoms. The van der Waals surface area contributed by atoms with E-state index in [9.17, 15) is 0 Å². The number of hydrogen-bond acceptors (Lipinski definition) is 3. The van der Waals surface area contributed by atoms with Gasteiger partial charge >= 0.3 is 0 Å². The summed E-state index contributed by atoms with van der Waals surface area (Å²) < 4.78 is 0. The minimum atomic E-state index is 0.920. The zero-order valence-electron chi connectivity index (χ0n) is 10.2. The highest BCUT2D eigenvalue weighted by molar-refractivity contribution is 5.46. The van der Waals surface area contributed by atoms with Gasteiger partial charge in [-0.2, -0.15) is 0 Å². The number of nitrogens with zero attached hydrogens (tertiary/aromatic N) is 2. The van der Waals surface area contributed by atoms with Crippen LogP contribution in [0.4, 0.5) is 11.6 Å². The van der Waals surface area contributed by atoms with Crippen LogP contribution in [0.25, 0.3) is 0 Å². The molecule has 1 aromatic rings. The number of piperidine rings is 1. The minimum absolute atomic E-state index is 0.920. The van der Waals surface area contributed by atoms with Gasteiger partial charge in [-0.1, -0.05) is 19.4 Å². The number of rotatable bonds is 3. The van der Waals surface area contributed by atoms with E-state index in [0.29, 0.717) is 0 Å². The van der Waals surface area contributed by atoms with E-state index in [4.69, 9.17) is 0 Å². The lowest BCUT2D eigenvalue weighted by Gasteiger charge is -2.32. The summed E-state index contributed by atoms with van der Waals surface area (Å²) in [6.45, 7) is 4.59. The first-order chi connectivity index (χ1) is 7.83. The van der Waals surface area contributed by atoms with Gasteiger partial charge in [0.1, 0.15) is 11.6 Å².